The average Bonchev–Trinajstić information content (AvgIpc) is 3.37. The Morgan fingerprint density at radius 1 is 1.00 bits per heavy atom. The van der Waals surface area contributed by atoms with E-state index in [2.05, 4.69) is 10.9 Å². The molecule has 3 atom stereocenters. The van der Waals surface area contributed by atoms with Gasteiger partial charge in [-0.2, -0.15) is 0 Å². The summed E-state index contributed by atoms with van der Waals surface area (Å²) >= 11 is 0. The van der Waals surface area contributed by atoms with Crippen LogP contribution in [0.25, 0.3) is 11.1 Å². The molecule has 0 aromatic heterocycles. The summed E-state index contributed by atoms with van der Waals surface area (Å²) < 4.78 is 14.7. The SMILES string of the molecule is O=C1NNC(Cc2ccc(F)c(-c3ccc(C(=O)N4CCCC4)cc3)c2)C2CCCCC12. The quantitative estimate of drug-likeness (QED) is 0.761. The highest BCUT2D eigenvalue weighted by Crippen LogP contribution is 2.36. The molecule has 168 valence electrons. The Bertz CT molecular complexity index is 1000. The molecule has 2 saturated heterocycles. The van der Waals surface area contributed by atoms with Crippen LogP contribution < -0.4 is 10.9 Å². The largest absolute Gasteiger partial charge is 0.339 e. The summed E-state index contributed by atoms with van der Waals surface area (Å²) in [5, 5.41) is 0. The minimum atomic E-state index is -0.271. The Morgan fingerprint density at radius 2 is 1.75 bits per heavy atom. The van der Waals surface area contributed by atoms with Gasteiger partial charge in [-0.25, -0.2) is 9.82 Å². The number of likely N-dealkylation sites (tertiary alicyclic amines) is 1. The second kappa shape index (κ2) is 9.02. The number of rotatable bonds is 4. The Labute approximate surface area is 188 Å². The molecule has 2 aliphatic heterocycles. The fraction of sp³-hybridized carbons (Fsp3) is 0.462. The van der Waals surface area contributed by atoms with Crippen molar-refractivity contribution in [3.05, 3.63) is 59.4 Å². The lowest BCUT2D eigenvalue weighted by molar-refractivity contribution is -0.133. The van der Waals surface area contributed by atoms with Gasteiger partial charge >= 0.3 is 0 Å². The molecule has 2 N–H and O–H groups in total. The molecule has 5 rings (SSSR count). The minimum absolute atomic E-state index is 0.0516. The maximum atomic E-state index is 14.7. The van der Waals surface area contributed by atoms with Crippen LogP contribution in [0.5, 0.6) is 0 Å². The monoisotopic (exact) mass is 435 g/mol. The fourth-order valence-electron chi connectivity index (χ4n) is 5.60. The van der Waals surface area contributed by atoms with Crippen molar-refractivity contribution in [1.82, 2.24) is 15.8 Å². The molecule has 3 aliphatic rings. The smallest absolute Gasteiger partial charge is 0.253 e. The topological polar surface area (TPSA) is 61.4 Å². The summed E-state index contributed by atoms with van der Waals surface area (Å²) in [6.45, 7) is 1.63. The summed E-state index contributed by atoms with van der Waals surface area (Å²) in [7, 11) is 0. The number of hydrogen-bond donors (Lipinski definition) is 2. The van der Waals surface area contributed by atoms with E-state index < -0.39 is 0 Å². The van der Waals surface area contributed by atoms with Gasteiger partial charge in [-0.15, -0.1) is 0 Å². The van der Waals surface area contributed by atoms with E-state index in [0.717, 1.165) is 69.2 Å². The van der Waals surface area contributed by atoms with E-state index in [1.807, 2.05) is 29.2 Å². The van der Waals surface area contributed by atoms with Crippen molar-refractivity contribution in [2.45, 2.75) is 51.0 Å². The molecule has 0 radical (unpaired) electrons. The van der Waals surface area contributed by atoms with Gasteiger partial charge in [0.25, 0.3) is 5.91 Å². The number of benzene rings is 2. The van der Waals surface area contributed by atoms with Gasteiger partial charge in [0.05, 0.1) is 0 Å². The first-order valence-electron chi connectivity index (χ1n) is 11.8. The minimum Gasteiger partial charge on any atom is -0.339 e. The molecular formula is C26H30FN3O2. The third kappa shape index (κ3) is 4.16. The first-order valence-corrected chi connectivity index (χ1v) is 11.8. The molecule has 0 spiro atoms. The number of amides is 2. The maximum absolute atomic E-state index is 14.7. The molecular weight excluding hydrogens is 405 g/mol. The molecule has 2 aromatic rings. The molecule has 2 aromatic carbocycles. The van der Waals surface area contributed by atoms with Crippen molar-refractivity contribution in [3.8, 4) is 11.1 Å². The normalized spacial score (nSPS) is 25.3. The number of nitrogens with one attached hydrogen (secondary N) is 2. The number of halogens is 1. The van der Waals surface area contributed by atoms with Gasteiger partial charge in [0.15, 0.2) is 0 Å². The number of hydrogen-bond acceptors (Lipinski definition) is 3. The van der Waals surface area contributed by atoms with Crippen LogP contribution >= 0.6 is 0 Å². The molecule has 32 heavy (non-hydrogen) atoms. The van der Waals surface area contributed by atoms with Crippen molar-refractivity contribution in [2.24, 2.45) is 11.8 Å². The molecule has 0 bridgehead atoms. The second-order valence-electron chi connectivity index (χ2n) is 9.39. The second-order valence-corrected chi connectivity index (χ2v) is 9.39. The van der Waals surface area contributed by atoms with Crippen LogP contribution in [0.1, 0.15) is 54.4 Å². The van der Waals surface area contributed by atoms with Crippen LogP contribution in [0.4, 0.5) is 4.39 Å². The van der Waals surface area contributed by atoms with Crippen molar-refractivity contribution < 1.29 is 14.0 Å². The van der Waals surface area contributed by atoms with E-state index in [4.69, 9.17) is 0 Å². The van der Waals surface area contributed by atoms with Crippen LogP contribution in [0.3, 0.4) is 0 Å². The zero-order valence-electron chi connectivity index (χ0n) is 18.3. The van der Waals surface area contributed by atoms with Crippen molar-refractivity contribution >= 4 is 11.8 Å². The van der Waals surface area contributed by atoms with Crippen LogP contribution in [0.2, 0.25) is 0 Å². The Morgan fingerprint density at radius 3 is 2.53 bits per heavy atom. The number of hydrazine groups is 1. The fourth-order valence-corrected chi connectivity index (χ4v) is 5.60. The zero-order valence-corrected chi connectivity index (χ0v) is 18.3. The average molecular weight is 436 g/mol. The zero-order chi connectivity index (χ0) is 22.1. The maximum Gasteiger partial charge on any atom is 0.253 e. The molecule has 1 aliphatic carbocycles. The number of carbonyl (C=O) groups is 2. The van der Waals surface area contributed by atoms with Crippen molar-refractivity contribution in [1.29, 1.82) is 0 Å². The van der Waals surface area contributed by atoms with Crippen LogP contribution in [-0.2, 0) is 11.2 Å². The first kappa shape index (κ1) is 21.1. The van der Waals surface area contributed by atoms with Gasteiger partial charge in [-0.3, -0.25) is 15.0 Å². The first-order chi connectivity index (χ1) is 15.6. The van der Waals surface area contributed by atoms with Crippen molar-refractivity contribution in [2.75, 3.05) is 13.1 Å². The lowest BCUT2D eigenvalue weighted by Crippen LogP contribution is -2.60. The van der Waals surface area contributed by atoms with Crippen LogP contribution in [0, 0.1) is 17.7 Å². The van der Waals surface area contributed by atoms with Gasteiger partial charge in [-0.05, 0) is 73.4 Å². The Balaban J connectivity index is 1.33. The van der Waals surface area contributed by atoms with Crippen molar-refractivity contribution in [3.63, 3.8) is 0 Å². The number of fused-ring (bicyclic) bond motifs is 1. The van der Waals surface area contributed by atoms with Gasteiger partial charge in [0, 0.05) is 36.2 Å². The highest BCUT2D eigenvalue weighted by Gasteiger charge is 2.39. The highest BCUT2D eigenvalue weighted by molar-refractivity contribution is 5.94. The Hall–Kier alpha value is -2.73. The molecule has 6 heteroatoms. The van der Waals surface area contributed by atoms with E-state index in [0.29, 0.717) is 17.0 Å². The summed E-state index contributed by atoms with van der Waals surface area (Å²) in [6, 6.07) is 12.7. The van der Waals surface area contributed by atoms with Gasteiger partial charge in [-0.1, -0.05) is 31.0 Å². The standard InChI is InChI=1S/C26H30FN3O2/c27-23-12-7-17(16-24-20-5-1-2-6-21(20)25(31)29-28-24)15-22(23)18-8-10-19(11-9-18)26(32)30-13-3-4-14-30/h7-12,15,20-21,24,28H,1-6,13-14,16H2,(H,29,31). The third-order valence-electron chi connectivity index (χ3n) is 7.38. The van der Waals surface area contributed by atoms with E-state index in [1.165, 1.54) is 6.07 Å². The van der Waals surface area contributed by atoms with Gasteiger partial charge in [0.2, 0.25) is 5.91 Å². The summed E-state index contributed by atoms with van der Waals surface area (Å²) in [6.07, 6.45) is 7.12. The lowest BCUT2D eigenvalue weighted by Gasteiger charge is -2.41. The van der Waals surface area contributed by atoms with E-state index in [1.54, 1.807) is 12.1 Å². The molecule has 2 amide bonds. The summed E-state index contributed by atoms with van der Waals surface area (Å²) in [5.41, 5.74) is 9.05. The number of nitrogens with zero attached hydrogens (tertiary/aromatic N) is 1. The van der Waals surface area contributed by atoms with Gasteiger partial charge in [0.1, 0.15) is 5.82 Å². The van der Waals surface area contributed by atoms with E-state index >= 15 is 0 Å². The summed E-state index contributed by atoms with van der Waals surface area (Å²) in [5.74, 6) is 0.287. The molecule has 5 nitrogen and oxygen atoms in total. The van der Waals surface area contributed by atoms with Crippen LogP contribution in [0.15, 0.2) is 42.5 Å². The van der Waals surface area contributed by atoms with Crippen LogP contribution in [-0.4, -0.2) is 35.8 Å². The molecule has 2 heterocycles. The van der Waals surface area contributed by atoms with E-state index in [9.17, 15) is 14.0 Å². The number of carbonyl (C=O) groups excluding carboxylic acids is 2. The molecule has 3 fully saturated rings. The van der Waals surface area contributed by atoms with Gasteiger partial charge < -0.3 is 4.90 Å². The molecule has 3 unspecified atom stereocenters. The predicted molar refractivity (Wildman–Crippen MR) is 121 cm³/mol. The Kier molecular flexibility index (Phi) is 5.96. The third-order valence-corrected chi connectivity index (χ3v) is 7.38. The predicted octanol–water partition coefficient (Wildman–Crippen LogP) is 4.08. The highest BCUT2D eigenvalue weighted by atomic mass is 19.1. The molecule has 1 saturated carbocycles. The van der Waals surface area contributed by atoms with E-state index in [-0.39, 0.29) is 29.6 Å². The summed E-state index contributed by atoms with van der Waals surface area (Å²) in [4.78, 5) is 26.7. The lowest BCUT2D eigenvalue weighted by atomic mass is 9.72.